The molecule has 0 nitrogen and oxygen atoms in total. The van der Waals surface area contributed by atoms with Crippen molar-refractivity contribution in [1.82, 2.24) is 0 Å². The fourth-order valence-electron chi connectivity index (χ4n) is 0.500. The Hall–Kier alpha value is 0.714. The van der Waals surface area contributed by atoms with E-state index in [0.29, 0.717) is 0 Å². The summed E-state index contributed by atoms with van der Waals surface area (Å²) < 4.78 is 0. The van der Waals surface area contributed by atoms with Gasteiger partial charge < -0.3 is 0 Å². The average molecular weight is 200 g/mol. The summed E-state index contributed by atoms with van der Waals surface area (Å²) in [6, 6.07) is 0. The number of allylic oxidation sites excluding steroid dienone is 2. The van der Waals surface area contributed by atoms with Crippen LogP contribution in [0.1, 0.15) is 34.6 Å². The molecule has 0 saturated heterocycles. The van der Waals surface area contributed by atoms with Crippen LogP contribution < -0.4 is 0 Å². The zero-order valence-corrected chi connectivity index (χ0v) is 9.92. The maximum atomic E-state index is 2.16. The molecule has 0 rings (SSSR count). The Morgan fingerprint density at radius 1 is 1.00 bits per heavy atom. The van der Waals surface area contributed by atoms with Gasteiger partial charge in [0.1, 0.15) is 0 Å². The van der Waals surface area contributed by atoms with Gasteiger partial charge in [-0.2, -0.15) is 0 Å². The maximum absolute atomic E-state index is 2.16. The molecule has 0 aromatic heterocycles. The normalized spacial score (nSPS) is 7.67. The van der Waals surface area contributed by atoms with E-state index in [1.54, 1.807) is 0 Å². The molecule has 9 heavy (non-hydrogen) atoms. The van der Waals surface area contributed by atoms with E-state index in [9.17, 15) is 0 Å². The standard InChI is InChI=1S/C8H15.Y/c1-6(2)8(5)7(3)4;/h1-5H3;/q-1;+3. The van der Waals surface area contributed by atoms with Crippen molar-refractivity contribution < 1.29 is 32.7 Å². The predicted molar refractivity (Wildman–Crippen MR) is 38.6 cm³/mol. The second kappa shape index (κ2) is 5.50. The van der Waals surface area contributed by atoms with E-state index in [2.05, 4.69) is 34.6 Å². The first-order chi connectivity index (χ1) is 3.55. The summed E-state index contributed by atoms with van der Waals surface area (Å²) in [6.45, 7) is 10.7. The molecular weight excluding hydrogens is 185 g/mol. The van der Waals surface area contributed by atoms with Crippen LogP contribution in [0, 0.1) is 5.92 Å². The molecule has 0 fully saturated rings. The number of hydrogen-bond acceptors (Lipinski definition) is 0. The van der Waals surface area contributed by atoms with E-state index < -0.39 is 0 Å². The molecule has 1 heteroatoms. The molecule has 0 unspecified atom stereocenters. The monoisotopic (exact) mass is 200 g/mol. The van der Waals surface area contributed by atoms with Gasteiger partial charge in [0.2, 0.25) is 0 Å². The Morgan fingerprint density at radius 2 is 1.33 bits per heavy atom. The van der Waals surface area contributed by atoms with Crippen molar-refractivity contribution in [3.05, 3.63) is 17.1 Å². The van der Waals surface area contributed by atoms with Gasteiger partial charge in [0, 0.05) is 0 Å². The van der Waals surface area contributed by atoms with Gasteiger partial charge in [0.25, 0.3) is 0 Å². The van der Waals surface area contributed by atoms with Crippen molar-refractivity contribution in [2.75, 3.05) is 0 Å². The van der Waals surface area contributed by atoms with Gasteiger partial charge in [-0.05, 0) is 0 Å². The maximum Gasteiger partial charge on any atom is 3.00 e. The quantitative estimate of drug-likeness (QED) is 0.571. The van der Waals surface area contributed by atoms with Gasteiger partial charge in [-0.3, -0.25) is 0 Å². The van der Waals surface area contributed by atoms with Gasteiger partial charge in [-0.25, -0.2) is 17.1 Å². The van der Waals surface area contributed by atoms with Crippen LogP contribution in [0.2, 0.25) is 0 Å². The van der Waals surface area contributed by atoms with Crippen LogP contribution in [0.25, 0.3) is 0 Å². The molecule has 0 aromatic carbocycles. The Morgan fingerprint density at radius 3 is 1.33 bits per heavy atom. The van der Waals surface area contributed by atoms with Crippen LogP contribution in [-0.4, -0.2) is 0 Å². The van der Waals surface area contributed by atoms with Crippen LogP contribution in [0.4, 0.5) is 0 Å². The van der Waals surface area contributed by atoms with Gasteiger partial charge in [-0.1, -0.05) is 6.92 Å². The molecule has 48 valence electrons. The molecule has 0 saturated carbocycles. The molecule has 0 aliphatic rings. The minimum atomic E-state index is 0. The smallest absolute Gasteiger partial charge is 0.219 e. The minimum absolute atomic E-state index is 0. The molecule has 0 heterocycles. The van der Waals surface area contributed by atoms with E-state index in [-0.39, 0.29) is 32.7 Å². The first kappa shape index (κ1) is 12.4. The van der Waals surface area contributed by atoms with Crippen molar-refractivity contribution in [2.24, 2.45) is 0 Å². The van der Waals surface area contributed by atoms with Crippen LogP contribution in [0.15, 0.2) is 11.1 Å². The third-order valence-corrected chi connectivity index (χ3v) is 1.50. The molecule has 0 aliphatic heterocycles. The fraction of sp³-hybridized carbons (Fsp3) is 0.625. The Kier molecular flexibility index (Phi) is 7.57. The predicted octanol–water partition coefficient (Wildman–Crippen LogP) is 2.95. The van der Waals surface area contributed by atoms with E-state index in [4.69, 9.17) is 0 Å². The molecule has 0 amide bonds. The van der Waals surface area contributed by atoms with Gasteiger partial charge in [0.15, 0.2) is 0 Å². The van der Waals surface area contributed by atoms with Crippen molar-refractivity contribution >= 4 is 0 Å². The van der Waals surface area contributed by atoms with E-state index in [1.807, 2.05) is 0 Å². The second-order valence-corrected chi connectivity index (χ2v) is 2.62. The SMILES string of the molecule is CC(C)=C(C)[C-](C)C.[Y+3]. The Labute approximate surface area is 84.0 Å². The van der Waals surface area contributed by atoms with Crippen LogP contribution >= 0.6 is 0 Å². The first-order valence-electron chi connectivity index (χ1n) is 3.00. The molecule has 0 atom stereocenters. The van der Waals surface area contributed by atoms with Gasteiger partial charge in [-0.15, -0.1) is 27.7 Å². The summed E-state index contributed by atoms with van der Waals surface area (Å²) in [5.74, 6) is 1.42. The zero-order valence-electron chi connectivity index (χ0n) is 7.08. The number of hydrogen-bond donors (Lipinski definition) is 0. The minimum Gasteiger partial charge on any atom is -0.219 e. The molecular formula is C8H15Y+2. The first-order valence-corrected chi connectivity index (χ1v) is 3.00. The largest absolute Gasteiger partial charge is 3.00 e. The van der Waals surface area contributed by atoms with E-state index in [0.717, 1.165) is 0 Å². The zero-order chi connectivity index (χ0) is 6.73. The summed E-state index contributed by atoms with van der Waals surface area (Å²) in [5.41, 5.74) is 2.86. The van der Waals surface area contributed by atoms with Gasteiger partial charge >= 0.3 is 32.7 Å². The molecule has 0 N–H and O–H groups in total. The van der Waals surface area contributed by atoms with Crippen molar-refractivity contribution in [2.45, 2.75) is 34.6 Å². The van der Waals surface area contributed by atoms with Crippen molar-refractivity contribution in [1.29, 1.82) is 0 Å². The molecule has 0 bridgehead atoms. The third-order valence-electron chi connectivity index (χ3n) is 1.50. The summed E-state index contributed by atoms with van der Waals surface area (Å²) in [6.07, 6.45) is 0. The van der Waals surface area contributed by atoms with Crippen LogP contribution in [0.5, 0.6) is 0 Å². The molecule has 0 radical (unpaired) electrons. The van der Waals surface area contributed by atoms with Crippen LogP contribution in [-0.2, 0) is 32.7 Å². The van der Waals surface area contributed by atoms with E-state index in [1.165, 1.54) is 17.1 Å². The van der Waals surface area contributed by atoms with Crippen molar-refractivity contribution in [3.63, 3.8) is 0 Å². The van der Waals surface area contributed by atoms with Crippen LogP contribution in [0.3, 0.4) is 0 Å². The Bertz CT molecular complexity index is 97.1. The summed E-state index contributed by atoms with van der Waals surface area (Å²) in [7, 11) is 0. The Balaban J connectivity index is 0. The number of rotatable bonds is 1. The summed E-state index contributed by atoms with van der Waals surface area (Å²) in [4.78, 5) is 0. The molecule has 0 aliphatic carbocycles. The second-order valence-electron chi connectivity index (χ2n) is 2.62. The summed E-state index contributed by atoms with van der Waals surface area (Å²) >= 11 is 0. The average Bonchev–Trinajstić information content (AvgIpc) is 1.64. The van der Waals surface area contributed by atoms with Crippen molar-refractivity contribution in [3.8, 4) is 0 Å². The molecule has 0 spiro atoms. The third kappa shape index (κ3) is 5.17. The molecule has 0 aromatic rings. The summed E-state index contributed by atoms with van der Waals surface area (Å²) in [5, 5.41) is 0. The fourth-order valence-corrected chi connectivity index (χ4v) is 0.500. The van der Waals surface area contributed by atoms with E-state index >= 15 is 0 Å². The van der Waals surface area contributed by atoms with Gasteiger partial charge in [0.05, 0.1) is 0 Å². The topological polar surface area (TPSA) is 0 Å².